The van der Waals surface area contributed by atoms with Gasteiger partial charge in [0.15, 0.2) is 5.69 Å². The van der Waals surface area contributed by atoms with E-state index < -0.39 is 0 Å². The van der Waals surface area contributed by atoms with Crippen molar-refractivity contribution in [2.45, 2.75) is 6.10 Å². The standard InChI is InChI=1S/C15H17N5O/c1-17-9-11-10-20(6-7-21-11)15-12-4-2-3-5-13(12)18-19-14(15)8-16/h2-5,11,17H,6-7,9-10H2,1H3. The maximum atomic E-state index is 9.36. The molecule has 108 valence electrons. The van der Waals surface area contributed by atoms with Crippen LogP contribution in [0.4, 0.5) is 5.69 Å². The van der Waals surface area contributed by atoms with E-state index in [2.05, 4.69) is 26.5 Å². The Balaban J connectivity index is 2.04. The number of hydrogen-bond donors (Lipinski definition) is 1. The first-order valence-corrected chi connectivity index (χ1v) is 7.00. The molecule has 1 fully saturated rings. The number of morpholine rings is 1. The van der Waals surface area contributed by atoms with E-state index in [0.717, 1.165) is 36.2 Å². The van der Waals surface area contributed by atoms with Crippen LogP contribution in [0, 0.1) is 11.3 Å². The van der Waals surface area contributed by atoms with E-state index in [1.54, 1.807) is 0 Å². The Morgan fingerprint density at radius 3 is 3.10 bits per heavy atom. The van der Waals surface area contributed by atoms with Gasteiger partial charge >= 0.3 is 0 Å². The molecule has 21 heavy (non-hydrogen) atoms. The molecule has 1 atom stereocenters. The number of nitrogens with one attached hydrogen (secondary N) is 1. The molecule has 0 amide bonds. The second kappa shape index (κ2) is 6.04. The highest BCUT2D eigenvalue weighted by Crippen LogP contribution is 2.29. The molecule has 1 aliphatic heterocycles. The maximum absolute atomic E-state index is 9.36. The van der Waals surface area contributed by atoms with Crippen LogP contribution in [0.25, 0.3) is 10.9 Å². The number of ether oxygens (including phenoxy) is 1. The molecule has 1 N–H and O–H groups in total. The molecule has 0 spiro atoms. The topological polar surface area (TPSA) is 74.1 Å². The average Bonchev–Trinajstić information content (AvgIpc) is 2.54. The highest BCUT2D eigenvalue weighted by atomic mass is 16.5. The Bertz CT molecular complexity index is 679. The zero-order chi connectivity index (χ0) is 14.7. The van der Waals surface area contributed by atoms with Crippen LogP contribution in [0.1, 0.15) is 5.69 Å². The minimum atomic E-state index is 0.113. The number of rotatable bonds is 3. The van der Waals surface area contributed by atoms with Crippen LogP contribution in [-0.4, -0.2) is 49.6 Å². The highest BCUT2D eigenvalue weighted by Gasteiger charge is 2.24. The van der Waals surface area contributed by atoms with E-state index in [4.69, 9.17) is 4.74 Å². The van der Waals surface area contributed by atoms with Gasteiger partial charge in [0, 0.05) is 25.0 Å². The Morgan fingerprint density at radius 2 is 2.29 bits per heavy atom. The molecule has 6 heteroatoms. The Morgan fingerprint density at radius 1 is 1.43 bits per heavy atom. The summed E-state index contributed by atoms with van der Waals surface area (Å²) >= 11 is 0. The lowest BCUT2D eigenvalue weighted by molar-refractivity contribution is 0.0422. The minimum Gasteiger partial charge on any atom is -0.373 e. The molecule has 1 unspecified atom stereocenters. The second-order valence-electron chi connectivity index (χ2n) is 5.02. The van der Waals surface area contributed by atoms with Crippen molar-refractivity contribution >= 4 is 16.6 Å². The molecule has 0 radical (unpaired) electrons. The third-order valence-electron chi connectivity index (χ3n) is 3.63. The third-order valence-corrected chi connectivity index (χ3v) is 3.63. The summed E-state index contributed by atoms with van der Waals surface area (Å²) < 4.78 is 5.73. The van der Waals surface area contributed by atoms with Crippen molar-refractivity contribution in [3.05, 3.63) is 30.0 Å². The molecule has 2 aromatic rings. The van der Waals surface area contributed by atoms with Gasteiger partial charge < -0.3 is 15.0 Å². The van der Waals surface area contributed by atoms with Gasteiger partial charge in [-0.15, -0.1) is 10.2 Å². The molecule has 6 nitrogen and oxygen atoms in total. The fourth-order valence-corrected chi connectivity index (χ4v) is 2.71. The van der Waals surface area contributed by atoms with Gasteiger partial charge in [-0.25, -0.2) is 0 Å². The molecule has 0 saturated carbocycles. The number of anilines is 1. The van der Waals surface area contributed by atoms with Crippen LogP contribution in [0.3, 0.4) is 0 Å². The predicted molar refractivity (Wildman–Crippen MR) is 80.1 cm³/mol. The van der Waals surface area contributed by atoms with Gasteiger partial charge in [-0.2, -0.15) is 5.26 Å². The highest BCUT2D eigenvalue weighted by molar-refractivity contribution is 5.93. The summed E-state index contributed by atoms with van der Waals surface area (Å²) in [6.45, 7) is 2.93. The van der Waals surface area contributed by atoms with Crippen LogP contribution in [0.5, 0.6) is 0 Å². The number of nitrogens with zero attached hydrogens (tertiary/aromatic N) is 4. The summed E-state index contributed by atoms with van der Waals surface area (Å²) in [4.78, 5) is 2.18. The van der Waals surface area contributed by atoms with E-state index in [1.807, 2.05) is 31.3 Å². The summed E-state index contributed by atoms with van der Waals surface area (Å²) in [7, 11) is 1.91. The lowest BCUT2D eigenvalue weighted by Gasteiger charge is -2.35. The van der Waals surface area contributed by atoms with Gasteiger partial charge in [0.2, 0.25) is 0 Å². The summed E-state index contributed by atoms with van der Waals surface area (Å²) in [6, 6.07) is 9.95. The summed E-state index contributed by atoms with van der Waals surface area (Å²) in [5, 5.41) is 21.6. The van der Waals surface area contributed by atoms with Gasteiger partial charge in [-0.3, -0.25) is 0 Å². The van der Waals surface area contributed by atoms with Gasteiger partial charge in [0.1, 0.15) is 6.07 Å². The second-order valence-corrected chi connectivity index (χ2v) is 5.02. The van der Waals surface area contributed by atoms with Crippen LogP contribution >= 0.6 is 0 Å². The normalized spacial score (nSPS) is 18.7. The van der Waals surface area contributed by atoms with E-state index in [9.17, 15) is 5.26 Å². The van der Waals surface area contributed by atoms with Crippen LogP contribution < -0.4 is 10.2 Å². The molecule has 1 saturated heterocycles. The fraction of sp³-hybridized carbons (Fsp3) is 0.400. The molecule has 0 bridgehead atoms. The largest absolute Gasteiger partial charge is 0.373 e. The van der Waals surface area contributed by atoms with Crippen molar-refractivity contribution in [1.29, 1.82) is 5.26 Å². The maximum Gasteiger partial charge on any atom is 0.187 e. The number of benzene rings is 1. The molecule has 1 aliphatic rings. The predicted octanol–water partition coefficient (Wildman–Crippen LogP) is 0.926. The number of hydrogen-bond acceptors (Lipinski definition) is 6. The third kappa shape index (κ3) is 2.66. The monoisotopic (exact) mass is 283 g/mol. The van der Waals surface area contributed by atoms with Crippen LogP contribution in [-0.2, 0) is 4.74 Å². The molecule has 1 aromatic heterocycles. The lowest BCUT2D eigenvalue weighted by atomic mass is 10.1. The van der Waals surface area contributed by atoms with Crippen molar-refractivity contribution in [3.63, 3.8) is 0 Å². The van der Waals surface area contributed by atoms with Gasteiger partial charge in [-0.05, 0) is 13.1 Å². The van der Waals surface area contributed by atoms with E-state index in [-0.39, 0.29) is 6.10 Å². The zero-order valence-electron chi connectivity index (χ0n) is 11.9. The van der Waals surface area contributed by atoms with E-state index >= 15 is 0 Å². The first kappa shape index (κ1) is 13.7. The molecule has 3 rings (SSSR count). The smallest absolute Gasteiger partial charge is 0.187 e. The first-order chi connectivity index (χ1) is 10.3. The van der Waals surface area contributed by atoms with E-state index in [1.165, 1.54) is 0 Å². The average molecular weight is 283 g/mol. The van der Waals surface area contributed by atoms with Crippen LogP contribution in [0.15, 0.2) is 24.3 Å². The molecular weight excluding hydrogens is 266 g/mol. The molecular formula is C15H17N5O. The molecule has 2 heterocycles. The first-order valence-electron chi connectivity index (χ1n) is 7.00. The fourth-order valence-electron chi connectivity index (χ4n) is 2.71. The minimum absolute atomic E-state index is 0.113. The molecule has 0 aliphatic carbocycles. The number of fused-ring (bicyclic) bond motifs is 1. The van der Waals surface area contributed by atoms with Gasteiger partial charge in [-0.1, -0.05) is 18.2 Å². The molecule has 1 aromatic carbocycles. The van der Waals surface area contributed by atoms with Crippen molar-refractivity contribution < 1.29 is 4.74 Å². The number of aromatic nitrogens is 2. The van der Waals surface area contributed by atoms with Gasteiger partial charge in [0.05, 0.1) is 23.9 Å². The van der Waals surface area contributed by atoms with Crippen molar-refractivity contribution in [2.75, 3.05) is 38.2 Å². The zero-order valence-corrected chi connectivity index (χ0v) is 11.9. The van der Waals surface area contributed by atoms with Crippen LogP contribution in [0.2, 0.25) is 0 Å². The SMILES string of the molecule is CNCC1CN(c2c(C#N)nnc3ccccc23)CCO1. The number of nitriles is 1. The van der Waals surface area contributed by atoms with Gasteiger partial charge in [0.25, 0.3) is 0 Å². The summed E-state index contributed by atoms with van der Waals surface area (Å²) in [5.41, 5.74) is 2.05. The van der Waals surface area contributed by atoms with Crippen molar-refractivity contribution in [3.8, 4) is 6.07 Å². The van der Waals surface area contributed by atoms with Crippen molar-refractivity contribution in [1.82, 2.24) is 15.5 Å². The Labute approximate surface area is 123 Å². The quantitative estimate of drug-likeness (QED) is 0.903. The summed E-state index contributed by atoms with van der Waals surface area (Å²) in [5.74, 6) is 0. The Kier molecular flexibility index (Phi) is 3.95. The number of likely N-dealkylation sites (N-methyl/N-ethyl adjacent to an activating group) is 1. The van der Waals surface area contributed by atoms with Crippen molar-refractivity contribution in [2.24, 2.45) is 0 Å². The van der Waals surface area contributed by atoms with E-state index in [0.29, 0.717) is 12.3 Å². The summed E-state index contributed by atoms with van der Waals surface area (Å²) in [6.07, 6.45) is 0.113. The lowest BCUT2D eigenvalue weighted by Crippen LogP contribution is -2.46. The Hall–Kier alpha value is -2.23.